The van der Waals surface area contributed by atoms with Crippen LogP contribution < -0.4 is 4.74 Å². The van der Waals surface area contributed by atoms with Crippen molar-refractivity contribution in [1.82, 2.24) is 4.90 Å². The standard InChI is InChI=1S/C15H17F4NO3/c16-14(17)15(18,19)10-22-9-13(21)20-7-6-12(8-20)23-11-4-2-1-3-5-11/h1-5,12,14H,6-10H2/t12-/m0/s1. The molecule has 1 saturated heterocycles. The van der Waals surface area contributed by atoms with Gasteiger partial charge in [-0.3, -0.25) is 4.79 Å². The van der Waals surface area contributed by atoms with Crippen LogP contribution in [0.4, 0.5) is 17.6 Å². The number of amides is 1. The minimum atomic E-state index is -4.25. The number of hydrogen-bond donors (Lipinski definition) is 0. The molecule has 0 saturated carbocycles. The fourth-order valence-electron chi connectivity index (χ4n) is 2.17. The van der Waals surface area contributed by atoms with Crippen molar-refractivity contribution < 1.29 is 31.8 Å². The molecule has 0 aliphatic carbocycles. The lowest BCUT2D eigenvalue weighted by atomic mass is 10.3. The number of hydrogen-bond acceptors (Lipinski definition) is 3. The monoisotopic (exact) mass is 335 g/mol. The summed E-state index contributed by atoms with van der Waals surface area (Å²) in [5.74, 6) is -4.08. The highest BCUT2D eigenvalue weighted by Crippen LogP contribution is 2.23. The van der Waals surface area contributed by atoms with Gasteiger partial charge in [-0.2, -0.15) is 8.78 Å². The van der Waals surface area contributed by atoms with E-state index in [0.717, 1.165) is 0 Å². The number of likely N-dealkylation sites (tertiary alicyclic amines) is 1. The molecule has 1 atom stereocenters. The summed E-state index contributed by atoms with van der Waals surface area (Å²) in [6.45, 7) is -1.41. The van der Waals surface area contributed by atoms with Crippen molar-refractivity contribution >= 4 is 5.91 Å². The number of para-hydroxylation sites is 1. The molecule has 1 aromatic carbocycles. The number of nitrogens with zero attached hydrogens (tertiary/aromatic N) is 1. The number of rotatable bonds is 7. The van der Waals surface area contributed by atoms with E-state index < -0.39 is 31.5 Å². The zero-order valence-corrected chi connectivity index (χ0v) is 12.3. The van der Waals surface area contributed by atoms with E-state index in [1.807, 2.05) is 18.2 Å². The molecule has 0 N–H and O–H groups in total. The fraction of sp³-hybridized carbons (Fsp3) is 0.533. The van der Waals surface area contributed by atoms with E-state index in [-0.39, 0.29) is 6.10 Å². The number of halogens is 4. The fourth-order valence-corrected chi connectivity index (χ4v) is 2.17. The maximum atomic E-state index is 12.7. The van der Waals surface area contributed by atoms with E-state index in [1.165, 1.54) is 4.90 Å². The van der Waals surface area contributed by atoms with Gasteiger partial charge in [0.25, 0.3) is 0 Å². The van der Waals surface area contributed by atoms with Crippen molar-refractivity contribution in [2.24, 2.45) is 0 Å². The Morgan fingerprint density at radius 1 is 1.30 bits per heavy atom. The highest BCUT2D eigenvalue weighted by Gasteiger charge is 2.41. The van der Waals surface area contributed by atoms with Crippen molar-refractivity contribution in [3.8, 4) is 5.75 Å². The van der Waals surface area contributed by atoms with Crippen molar-refractivity contribution in [1.29, 1.82) is 0 Å². The SMILES string of the molecule is O=C(COCC(F)(F)C(F)F)N1CC[C@H](Oc2ccccc2)C1. The Balaban J connectivity index is 1.72. The molecule has 1 heterocycles. The first-order valence-electron chi connectivity index (χ1n) is 7.11. The lowest BCUT2D eigenvalue weighted by Gasteiger charge is -2.19. The molecule has 23 heavy (non-hydrogen) atoms. The molecule has 0 unspecified atom stereocenters. The minimum absolute atomic E-state index is 0.191. The molecule has 1 aliphatic rings. The molecule has 0 radical (unpaired) electrons. The van der Waals surface area contributed by atoms with Gasteiger partial charge in [-0.15, -0.1) is 0 Å². The lowest BCUT2D eigenvalue weighted by Crippen LogP contribution is -2.37. The summed E-state index contributed by atoms with van der Waals surface area (Å²) in [6, 6.07) is 9.08. The van der Waals surface area contributed by atoms with E-state index in [0.29, 0.717) is 25.3 Å². The predicted octanol–water partition coefficient (Wildman–Crippen LogP) is 2.58. The van der Waals surface area contributed by atoms with Gasteiger partial charge in [-0.1, -0.05) is 18.2 Å². The van der Waals surface area contributed by atoms with Crippen LogP contribution in [0.15, 0.2) is 30.3 Å². The summed E-state index contributed by atoms with van der Waals surface area (Å²) < 4.78 is 59.3. The summed E-state index contributed by atoms with van der Waals surface area (Å²) in [5, 5.41) is 0. The Morgan fingerprint density at radius 2 is 2.00 bits per heavy atom. The first-order valence-corrected chi connectivity index (χ1v) is 7.11. The second-order valence-electron chi connectivity index (χ2n) is 5.24. The maximum Gasteiger partial charge on any atom is 0.330 e. The first-order chi connectivity index (χ1) is 10.9. The second kappa shape index (κ2) is 7.63. The van der Waals surface area contributed by atoms with Gasteiger partial charge < -0.3 is 14.4 Å². The van der Waals surface area contributed by atoms with E-state index in [9.17, 15) is 22.4 Å². The van der Waals surface area contributed by atoms with Crippen molar-refractivity contribution in [2.45, 2.75) is 24.9 Å². The molecule has 0 aromatic heterocycles. The summed E-state index contributed by atoms with van der Waals surface area (Å²) in [7, 11) is 0. The van der Waals surface area contributed by atoms with Gasteiger partial charge in [0.1, 0.15) is 25.1 Å². The number of benzene rings is 1. The highest BCUT2D eigenvalue weighted by molar-refractivity contribution is 5.77. The molecular formula is C15H17F4NO3. The number of carbonyl (C=O) groups excluding carboxylic acids is 1. The first kappa shape index (κ1) is 17.5. The van der Waals surface area contributed by atoms with Gasteiger partial charge in [0.2, 0.25) is 5.91 Å². The van der Waals surface area contributed by atoms with Gasteiger partial charge in [0.15, 0.2) is 0 Å². The van der Waals surface area contributed by atoms with Gasteiger partial charge in [-0.05, 0) is 12.1 Å². The van der Waals surface area contributed by atoms with Gasteiger partial charge >= 0.3 is 12.3 Å². The Labute approximate surface area is 131 Å². The number of carbonyl (C=O) groups is 1. The average Bonchev–Trinajstić information content (AvgIpc) is 2.96. The van der Waals surface area contributed by atoms with Gasteiger partial charge in [0.05, 0.1) is 6.54 Å². The van der Waals surface area contributed by atoms with Crippen molar-refractivity contribution in [3.63, 3.8) is 0 Å². The molecule has 1 fully saturated rings. The van der Waals surface area contributed by atoms with Gasteiger partial charge in [-0.25, -0.2) is 8.78 Å². The quantitative estimate of drug-likeness (QED) is 0.719. The molecule has 0 spiro atoms. The summed E-state index contributed by atoms with van der Waals surface area (Å²) in [6.07, 6.45) is -3.40. The van der Waals surface area contributed by atoms with Crippen LogP contribution >= 0.6 is 0 Å². The zero-order chi connectivity index (χ0) is 16.9. The molecule has 0 bridgehead atoms. The smallest absolute Gasteiger partial charge is 0.330 e. The third-order valence-corrected chi connectivity index (χ3v) is 3.38. The minimum Gasteiger partial charge on any atom is -0.489 e. The molecular weight excluding hydrogens is 318 g/mol. The van der Waals surface area contributed by atoms with Crippen LogP contribution in [0.5, 0.6) is 5.75 Å². The van der Waals surface area contributed by atoms with E-state index >= 15 is 0 Å². The molecule has 2 rings (SSSR count). The largest absolute Gasteiger partial charge is 0.489 e. The van der Waals surface area contributed by atoms with Crippen LogP contribution in [0.25, 0.3) is 0 Å². The summed E-state index contributed by atoms with van der Waals surface area (Å²) >= 11 is 0. The molecule has 128 valence electrons. The molecule has 1 aromatic rings. The summed E-state index contributed by atoms with van der Waals surface area (Å²) in [4.78, 5) is 13.2. The summed E-state index contributed by atoms with van der Waals surface area (Å²) in [5.41, 5.74) is 0. The van der Waals surface area contributed by atoms with Crippen LogP contribution in [0.3, 0.4) is 0 Å². The average molecular weight is 335 g/mol. The zero-order valence-electron chi connectivity index (χ0n) is 12.3. The molecule has 1 amide bonds. The predicted molar refractivity (Wildman–Crippen MR) is 73.8 cm³/mol. The third kappa shape index (κ3) is 5.09. The molecule has 1 aliphatic heterocycles. The van der Waals surface area contributed by atoms with Gasteiger partial charge in [0, 0.05) is 13.0 Å². The van der Waals surface area contributed by atoms with E-state index in [4.69, 9.17) is 4.74 Å². The highest BCUT2D eigenvalue weighted by atomic mass is 19.3. The van der Waals surface area contributed by atoms with Crippen LogP contribution in [0, 0.1) is 0 Å². The Bertz CT molecular complexity index is 513. The van der Waals surface area contributed by atoms with Crippen molar-refractivity contribution in [3.05, 3.63) is 30.3 Å². The molecule has 4 nitrogen and oxygen atoms in total. The number of ether oxygens (including phenoxy) is 2. The topological polar surface area (TPSA) is 38.8 Å². The van der Waals surface area contributed by atoms with Crippen LogP contribution in [0.1, 0.15) is 6.42 Å². The Morgan fingerprint density at radius 3 is 2.65 bits per heavy atom. The Kier molecular flexibility index (Phi) is 5.81. The number of alkyl halides is 4. The van der Waals surface area contributed by atoms with Crippen molar-refractivity contribution in [2.75, 3.05) is 26.3 Å². The van der Waals surface area contributed by atoms with Crippen LogP contribution in [-0.2, 0) is 9.53 Å². The Hall–Kier alpha value is -1.83. The lowest BCUT2D eigenvalue weighted by molar-refractivity contribution is -0.170. The second-order valence-corrected chi connectivity index (χ2v) is 5.24. The van der Waals surface area contributed by atoms with E-state index in [1.54, 1.807) is 12.1 Å². The third-order valence-electron chi connectivity index (χ3n) is 3.38. The van der Waals surface area contributed by atoms with Crippen LogP contribution in [0.2, 0.25) is 0 Å². The normalized spacial score (nSPS) is 18.5. The molecule has 8 heteroatoms. The maximum absolute atomic E-state index is 12.7. The van der Waals surface area contributed by atoms with Crippen LogP contribution in [-0.4, -0.2) is 55.6 Å². The van der Waals surface area contributed by atoms with E-state index in [2.05, 4.69) is 4.74 Å².